The highest BCUT2D eigenvalue weighted by Gasteiger charge is 2.17. The zero-order valence-electron chi connectivity index (χ0n) is 13.6. The maximum absolute atomic E-state index is 3.61. The summed E-state index contributed by atoms with van der Waals surface area (Å²) in [5.41, 5.74) is 1.40. The Bertz CT molecular complexity index is 402. The fourth-order valence-corrected chi connectivity index (χ4v) is 4.03. The van der Waals surface area contributed by atoms with Gasteiger partial charge < -0.3 is 5.32 Å². The van der Waals surface area contributed by atoms with Crippen molar-refractivity contribution in [3.63, 3.8) is 0 Å². The number of likely N-dealkylation sites (tertiary alicyclic amines) is 1. The van der Waals surface area contributed by atoms with Crippen LogP contribution in [0.2, 0.25) is 19.6 Å². The summed E-state index contributed by atoms with van der Waals surface area (Å²) >= 11 is 0. The number of rotatable bonds is 6. The summed E-state index contributed by atoms with van der Waals surface area (Å²) in [5.74, 6) is 0. The van der Waals surface area contributed by atoms with Gasteiger partial charge in [-0.25, -0.2) is 0 Å². The molecule has 0 radical (unpaired) electrons. The van der Waals surface area contributed by atoms with Gasteiger partial charge >= 0.3 is 0 Å². The number of nitrogens with zero attached hydrogens (tertiary/aromatic N) is 1. The number of nitrogens with one attached hydrogen (secondary N) is 1. The van der Waals surface area contributed by atoms with E-state index in [1.807, 2.05) is 0 Å². The molecule has 1 atom stereocenters. The van der Waals surface area contributed by atoms with Crippen molar-refractivity contribution < 1.29 is 0 Å². The van der Waals surface area contributed by atoms with Crippen LogP contribution in [0.3, 0.4) is 0 Å². The summed E-state index contributed by atoms with van der Waals surface area (Å²) in [5, 5.41) is 5.15. The van der Waals surface area contributed by atoms with Crippen LogP contribution in [0.4, 0.5) is 0 Å². The molecule has 1 N–H and O–H groups in total. The van der Waals surface area contributed by atoms with Gasteiger partial charge in [-0.05, 0) is 38.4 Å². The van der Waals surface area contributed by atoms with E-state index in [4.69, 9.17) is 0 Å². The first kappa shape index (κ1) is 15.7. The van der Waals surface area contributed by atoms with Crippen LogP contribution in [0.15, 0.2) is 24.3 Å². The summed E-state index contributed by atoms with van der Waals surface area (Å²) in [7, 11) is -1.15. The molecule has 2 rings (SSSR count). The maximum Gasteiger partial charge on any atom is 0.0775 e. The van der Waals surface area contributed by atoms with Crippen molar-refractivity contribution in [1.82, 2.24) is 10.2 Å². The largest absolute Gasteiger partial charge is 0.311 e. The minimum atomic E-state index is -1.15. The average Bonchev–Trinajstić information content (AvgIpc) is 2.92. The van der Waals surface area contributed by atoms with Crippen LogP contribution in [0.1, 0.15) is 25.3 Å². The van der Waals surface area contributed by atoms with E-state index in [1.54, 1.807) is 5.19 Å². The van der Waals surface area contributed by atoms with Crippen LogP contribution in [-0.2, 0) is 6.54 Å². The molecule has 0 amide bonds. The number of hydrogen-bond donors (Lipinski definition) is 1. The molecule has 1 aromatic rings. The van der Waals surface area contributed by atoms with E-state index in [1.165, 1.54) is 31.5 Å². The molecular formula is C17H30N2Si. The van der Waals surface area contributed by atoms with E-state index in [0.717, 1.165) is 13.1 Å². The van der Waals surface area contributed by atoms with Crippen molar-refractivity contribution in [3.05, 3.63) is 29.8 Å². The lowest BCUT2D eigenvalue weighted by atomic mass is 10.2. The molecule has 0 spiro atoms. The third-order valence-corrected chi connectivity index (χ3v) is 6.42. The Hall–Kier alpha value is -0.643. The summed E-state index contributed by atoms with van der Waals surface area (Å²) in [6.07, 6.45) is 2.75. The van der Waals surface area contributed by atoms with Gasteiger partial charge in [0.05, 0.1) is 8.07 Å². The van der Waals surface area contributed by atoms with Gasteiger partial charge in [-0.2, -0.15) is 0 Å². The Balaban J connectivity index is 1.76. The van der Waals surface area contributed by atoms with E-state index in [-0.39, 0.29) is 0 Å². The van der Waals surface area contributed by atoms with E-state index in [9.17, 15) is 0 Å². The van der Waals surface area contributed by atoms with Crippen LogP contribution >= 0.6 is 0 Å². The SMILES string of the molecule is CC(CNCc1ccc([Si](C)(C)C)cc1)N1CCCC1. The summed E-state index contributed by atoms with van der Waals surface area (Å²) in [6.45, 7) is 14.2. The Morgan fingerprint density at radius 2 is 1.70 bits per heavy atom. The normalized spacial score (nSPS) is 18.4. The maximum atomic E-state index is 3.61. The van der Waals surface area contributed by atoms with Crippen LogP contribution in [0, 0.1) is 0 Å². The van der Waals surface area contributed by atoms with Gasteiger partial charge in [-0.1, -0.05) is 49.1 Å². The highest BCUT2D eigenvalue weighted by molar-refractivity contribution is 6.88. The third kappa shape index (κ3) is 4.44. The van der Waals surface area contributed by atoms with Gasteiger partial charge in [-0.15, -0.1) is 0 Å². The van der Waals surface area contributed by atoms with Gasteiger partial charge in [0.15, 0.2) is 0 Å². The summed E-state index contributed by atoms with van der Waals surface area (Å²) in [4.78, 5) is 2.60. The highest BCUT2D eigenvalue weighted by Crippen LogP contribution is 2.11. The topological polar surface area (TPSA) is 15.3 Å². The van der Waals surface area contributed by atoms with Crippen molar-refractivity contribution in [3.8, 4) is 0 Å². The van der Waals surface area contributed by atoms with Gasteiger partial charge in [0, 0.05) is 19.1 Å². The van der Waals surface area contributed by atoms with Gasteiger partial charge in [0.25, 0.3) is 0 Å². The average molecular weight is 291 g/mol. The zero-order valence-corrected chi connectivity index (χ0v) is 14.6. The van der Waals surface area contributed by atoms with Gasteiger partial charge in [0.1, 0.15) is 0 Å². The molecular weight excluding hydrogens is 260 g/mol. The molecule has 2 nitrogen and oxygen atoms in total. The molecule has 112 valence electrons. The molecule has 0 aromatic heterocycles. The molecule has 3 heteroatoms. The monoisotopic (exact) mass is 290 g/mol. The van der Waals surface area contributed by atoms with E-state index >= 15 is 0 Å². The molecule has 20 heavy (non-hydrogen) atoms. The molecule has 1 heterocycles. The second-order valence-electron chi connectivity index (χ2n) is 7.17. The smallest absolute Gasteiger partial charge is 0.0775 e. The van der Waals surface area contributed by atoms with Gasteiger partial charge in [0.2, 0.25) is 0 Å². The zero-order chi connectivity index (χ0) is 14.6. The molecule has 1 saturated heterocycles. The van der Waals surface area contributed by atoms with Crippen molar-refractivity contribution in [2.24, 2.45) is 0 Å². The van der Waals surface area contributed by atoms with E-state index < -0.39 is 8.07 Å². The Morgan fingerprint density at radius 1 is 1.10 bits per heavy atom. The Labute approximate surface area is 125 Å². The predicted octanol–water partition coefficient (Wildman–Crippen LogP) is 2.81. The molecule has 0 bridgehead atoms. The number of benzene rings is 1. The van der Waals surface area contributed by atoms with Crippen LogP contribution < -0.4 is 10.5 Å². The molecule has 1 aliphatic rings. The molecule has 1 fully saturated rings. The van der Waals surface area contributed by atoms with Crippen molar-refractivity contribution in [2.75, 3.05) is 19.6 Å². The molecule has 1 aromatic carbocycles. The fraction of sp³-hybridized carbons (Fsp3) is 0.647. The first-order valence-electron chi connectivity index (χ1n) is 8.01. The minimum Gasteiger partial charge on any atom is -0.311 e. The van der Waals surface area contributed by atoms with E-state index in [2.05, 4.69) is 61.0 Å². The molecule has 1 aliphatic heterocycles. The third-order valence-electron chi connectivity index (χ3n) is 4.35. The first-order valence-corrected chi connectivity index (χ1v) is 11.5. The Kier molecular flexibility index (Phi) is 5.41. The lowest BCUT2D eigenvalue weighted by Crippen LogP contribution is -2.38. The van der Waals surface area contributed by atoms with Crippen molar-refractivity contribution in [2.45, 2.75) is 52.0 Å². The molecule has 1 unspecified atom stereocenters. The lowest BCUT2D eigenvalue weighted by molar-refractivity contribution is 0.251. The standard InChI is InChI=1S/C17H30N2Si/c1-15(19-11-5-6-12-19)13-18-14-16-7-9-17(10-8-16)20(2,3)4/h7-10,15,18H,5-6,11-14H2,1-4H3. The van der Waals surface area contributed by atoms with Crippen LogP contribution in [0.25, 0.3) is 0 Å². The highest BCUT2D eigenvalue weighted by atomic mass is 28.3. The predicted molar refractivity (Wildman–Crippen MR) is 91.4 cm³/mol. The number of hydrogen-bond acceptors (Lipinski definition) is 2. The quantitative estimate of drug-likeness (QED) is 0.811. The minimum absolute atomic E-state index is 0.666. The van der Waals surface area contributed by atoms with E-state index in [0.29, 0.717) is 6.04 Å². The summed E-state index contributed by atoms with van der Waals surface area (Å²) in [6, 6.07) is 9.90. The molecule has 0 aliphatic carbocycles. The second-order valence-corrected chi connectivity index (χ2v) is 12.2. The van der Waals surface area contributed by atoms with Gasteiger partial charge in [-0.3, -0.25) is 4.90 Å². The lowest BCUT2D eigenvalue weighted by Gasteiger charge is -2.24. The van der Waals surface area contributed by atoms with Crippen molar-refractivity contribution >= 4 is 13.3 Å². The second kappa shape index (κ2) is 6.88. The Morgan fingerprint density at radius 3 is 2.25 bits per heavy atom. The fourth-order valence-electron chi connectivity index (χ4n) is 2.86. The van der Waals surface area contributed by atoms with Crippen LogP contribution in [-0.4, -0.2) is 38.6 Å². The molecule has 0 saturated carbocycles. The van der Waals surface area contributed by atoms with Crippen molar-refractivity contribution in [1.29, 1.82) is 0 Å². The first-order chi connectivity index (χ1) is 9.47. The van der Waals surface area contributed by atoms with Crippen LogP contribution in [0.5, 0.6) is 0 Å². The summed E-state index contributed by atoms with van der Waals surface area (Å²) < 4.78 is 0.